The molecule has 1 aliphatic rings. The lowest BCUT2D eigenvalue weighted by Crippen LogP contribution is -2.19. The van der Waals surface area contributed by atoms with Crippen LogP contribution in [0.3, 0.4) is 0 Å². The summed E-state index contributed by atoms with van der Waals surface area (Å²) in [5.74, 6) is 0.965. The number of carbonyl (C=O) groups excluding carboxylic acids is 1. The van der Waals surface area contributed by atoms with Crippen molar-refractivity contribution in [1.82, 2.24) is 0 Å². The van der Waals surface area contributed by atoms with Crippen LogP contribution < -0.4 is 4.74 Å². The fraction of sp³-hybridized carbons (Fsp3) is 0.462. The van der Waals surface area contributed by atoms with E-state index in [1.54, 1.807) is 12.1 Å². The minimum atomic E-state index is 0.131. The highest BCUT2D eigenvalue weighted by Gasteiger charge is 2.22. The first-order valence-corrected chi connectivity index (χ1v) is 6.94. The van der Waals surface area contributed by atoms with Crippen LogP contribution in [0.4, 0.5) is 0 Å². The number of halogens is 2. The number of hydrogen-bond acceptors (Lipinski definition) is 2. The molecule has 0 spiro atoms. The molecule has 0 radical (unpaired) electrons. The van der Waals surface area contributed by atoms with Gasteiger partial charge in [0.2, 0.25) is 0 Å². The molecule has 1 fully saturated rings. The van der Waals surface area contributed by atoms with Crippen molar-refractivity contribution < 1.29 is 9.53 Å². The fourth-order valence-corrected chi connectivity index (χ4v) is 2.83. The Morgan fingerprint density at radius 1 is 1.41 bits per heavy atom. The Morgan fingerprint density at radius 3 is 2.76 bits per heavy atom. The highest BCUT2D eigenvalue weighted by atomic mass is 79.9. The maximum Gasteiger partial charge on any atom is 0.173 e. The molecule has 0 aliphatic heterocycles. The molecule has 0 amide bonds. The van der Waals surface area contributed by atoms with Crippen LogP contribution in [0.2, 0.25) is 5.02 Å². The highest BCUT2D eigenvalue weighted by Crippen LogP contribution is 2.29. The Kier molecular flexibility index (Phi) is 4.46. The largest absolute Gasteiger partial charge is 0.484 e. The van der Waals surface area contributed by atoms with Crippen LogP contribution in [0.1, 0.15) is 25.7 Å². The number of carbonyl (C=O) groups is 1. The molecular formula is C13H14BrClO2. The first-order valence-electron chi connectivity index (χ1n) is 5.77. The van der Waals surface area contributed by atoms with E-state index in [0.29, 0.717) is 10.8 Å². The molecule has 0 unspecified atom stereocenters. The molecule has 4 heteroatoms. The second-order valence-corrected chi connectivity index (χ2v) is 5.63. The van der Waals surface area contributed by atoms with Gasteiger partial charge in [-0.1, -0.05) is 40.4 Å². The van der Waals surface area contributed by atoms with Gasteiger partial charge in [-0.2, -0.15) is 0 Å². The lowest BCUT2D eigenvalue weighted by Gasteiger charge is -2.10. The van der Waals surface area contributed by atoms with Crippen LogP contribution in [-0.4, -0.2) is 12.4 Å². The Morgan fingerprint density at radius 2 is 2.12 bits per heavy atom. The number of ether oxygens (including phenoxy) is 1. The summed E-state index contributed by atoms with van der Waals surface area (Å²) in [6, 6.07) is 5.38. The number of Topliss-reactive ketones (excluding diaryl/α,β-unsaturated/α-hetero) is 1. The van der Waals surface area contributed by atoms with Gasteiger partial charge in [0.1, 0.15) is 12.4 Å². The van der Waals surface area contributed by atoms with Crippen LogP contribution in [0.15, 0.2) is 22.7 Å². The average molecular weight is 318 g/mol. The van der Waals surface area contributed by atoms with Crippen LogP contribution in [-0.2, 0) is 4.79 Å². The molecule has 1 aromatic rings. The molecule has 0 saturated heterocycles. The molecule has 0 atom stereocenters. The third kappa shape index (κ3) is 3.46. The zero-order valence-corrected chi connectivity index (χ0v) is 11.8. The van der Waals surface area contributed by atoms with Crippen molar-refractivity contribution in [2.75, 3.05) is 6.61 Å². The van der Waals surface area contributed by atoms with Crippen molar-refractivity contribution >= 4 is 33.3 Å². The number of rotatable bonds is 4. The quantitative estimate of drug-likeness (QED) is 0.830. The van der Waals surface area contributed by atoms with E-state index in [-0.39, 0.29) is 18.3 Å². The summed E-state index contributed by atoms with van der Waals surface area (Å²) in [6.07, 6.45) is 4.34. The third-order valence-electron chi connectivity index (χ3n) is 3.07. The van der Waals surface area contributed by atoms with E-state index in [2.05, 4.69) is 15.9 Å². The normalized spacial score (nSPS) is 16.1. The number of benzene rings is 1. The van der Waals surface area contributed by atoms with E-state index in [1.165, 1.54) is 0 Å². The molecule has 1 aromatic carbocycles. The zero-order valence-electron chi connectivity index (χ0n) is 9.42. The van der Waals surface area contributed by atoms with Gasteiger partial charge in [-0.25, -0.2) is 0 Å². The van der Waals surface area contributed by atoms with Crippen molar-refractivity contribution in [3.63, 3.8) is 0 Å². The van der Waals surface area contributed by atoms with Crippen LogP contribution in [0.25, 0.3) is 0 Å². The second-order valence-electron chi connectivity index (χ2n) is 4.31. The Hall–Kier alpha value is -0.540. The lowest BCUT2D eigenvalue weighted by molar-refractivity contribution is -0.124. The monoisotopic (exact) mass is 316 g/mol. The predicted molar refractivity (Wildman–Crippen MR) is 71.6 cm³/mol. The summed E-state index contributed by atoms with van der Waals surface area (Å²) >= 11 is 9.33. The lowest BCUT2D eigenvalue weighted by atomic mass is 10.0. The van der Waals surface area contributed by atoms with E-state index < -0.39 is 0 Å². The summed E-state index contributed by atoms with van der Waals surface area (Å²) in [4.78, 5) is 11.8. The van der Waals surface area contributed by atoms with Gasteiger partial charge in [0.15, 0.2) is 5.78 Å². The minimum Gasteiger partial charge on any atom is -0.484 e. The molecule has 0 heterocycles. The van der Waals surface area contributed by atoms with E-state index in [1.807, 2.05) is 6.07 Å². The molecule has 0 aromatic heterocycles. The predicted octanol–water partition coefficient (Wildman–Crippen LogP) is 4.24. The van der Waals surface area contributed by atoms with Crippen molar-refractivity contribution in [2.45, 2.75) is 25.7 Å². The molecule has 1 saturated carbocycles. The average Bonchev–Trinajstić information content (AvgIpc) is 2.81. The van der Waals surface area contributed by atoms with Gasteiger partial charge in [-0.3, -0.25) is 4.79 Å². The summed E-state index contributed by atoms with van der Waals surface area (Å²) < 4.78 is 6.36. The molecule has 0 N–H and O–H groups in total. The molecular weight excluding hydrogens is 303 g/mol. The van der Waals surface area contributed by atoms with E-state index in [4.69, 9.17) is 16.3 Å². The van der Waals surface area contributed by atoms with Gasteiger partial charge in [0.25, 0.3) is 0 Å². The van der Waals surface area contributed by atoms with Crippen molar-refractivity contribution in [1.29, 1.82) is 0 Å². The Balaban J connectivity index is 1.90. The first kappa shape index (κ1) is 12.9. The topological polar surface area (TPSA) is 26.3 Å². The summed E-state index contributed by atoms with van der Waals surface area (Å²) in [6.45, 7) is 0.131. The first-order chi connectivity index (χ1) is 8.16. The van der Waals surface area contributed by atoms with E-state index >= 15 is 0 Å². The maximum atomic E-state index is 11.8. The Bertz CT molecular complexity index is 414. The van der Waals surface area contributed by atoms with Gasteiger partial charge < -0.3 is 4.74 Å². The van der Waals surface area contributed by atoms with Gasteiger partial charge in [-0.15, -0.1) is 0 Å². The van der Waals surface area contributed by atoms with Crippen molar-refractivity contribution in [3.8, 4) is 5.75 Å². The van der Waals surface area contributed by atoms with Crippen molar-refractivity contribution in [2.24, 2.45) is 5.92 Å². The third-order valence-corrected chi connectivity index (χ3v) is 3.86. The summed E-state index contributed by atoms with van der Waals surface area (Å²) in [5, 5.41) is 0.526. The van der Waals surface area contributed by atoms with E-state index in [9.17, 15) is 4.79 Å². The molecule has 1 aliphatic carbocycles. The fourth-order valence-electron chi connectivity index (χ4n) is 2.11. The van der Waals surface area contributed by atoms with Crippen LogP contribution >= 0.6 is 27.5 Å². The molecule has 2 nitrogen and oxygen atoms in total. The highest BCUT2D eigenvalue weighted by molar-refractivity contribution is 9.10. The summed E-state index contributed by atoms with van der Waals surface area (Å²) in [7, 11) is 0. The van der Waals surface area contributed by atoms with E-state index in [0.717, 1.165) is 30.2 Å². The minimum absolute atomic E-state index is 0.131. The molecule has 2 rings (SSSR count). The summed E-state index contributed by atoms with van der Waals surface area (Å²) in [5.41, 5.74) is 0. The number of hydrogen-bond donors (Lipinski definition) is 0. The van der Waals surface area contributed by atoms with Gasteiger partial charge >= 0.3 is 0 Å². The Labute approximate surface area is 114 Å². The van der Waals surface area contributed by atoms with Crippen LogP contribution in [0.5, 0.6) is 5.75 Å². The SMILES string of the molecule is O=C(COc1ccc(Br)cc1Cl)C1CCCC1. The van der Waals surface area contributed by atoms with Gasteiger partial charge in [0, 0.05) is 10.4 Å². The second kappa shape index (κ2) is 5.87. The zero-order chi connectivity index (χ0) is 12.3. The molecule has 17 heavy (non-hydrogen) atoms. The van der Waals surface area contributed by atoms with Gasteiger partial charge in [-0.05, 0) is 31.0 Å². The van der Waals surface area contributed by atoms with Gasteiger partial charge in [0.05, 0.1) is 5.02 Å². The molecule has 0 bridgehead atoms. The maximum absolute atomic E-state index is 11.8. The number of ketones is 1. The smallest absolute Gasteiger partial charge is 0.173 e. The standard InChI is InChI=1S/C13H14BrClO2/c14-10-5-6-13(11(15)7-10)17-8-12(16)9-3-1-2-4-9/h5-7,9H,1-4,8H2. The van der Waals surface area contributed by atoms with Crippen LogP contribution in [0, 0.1) is 5.92 Å². The van der Waals surface area contributed by atoms with Crippen molar-refractivity contribution in [3.05, 3.63) is 27.7 Å². The molecule has 92 valence electrons.